The largest absolute Gasteiger partial charge is 0.388 e. The molecule has 0 spiro atoms. The predicted molar refractivity (Wildman–Crippen MR) is 91.8 cm³/mol. The van der Waals surface area contributed by atoms with Crippen molar-refractivity contribution in [3.8, 4) is 0 Å². The summed E-state index contributed by atoms with van der Waals surface area (Å²) < 4.78 is 7.57. The Morgan fingerprint density at radius 3 is 2.88 bits per heavy atom. The Labute approximate surface area is 140 Å². The number of hydrogen-bond acceptors (Lipinski definition) is 5. The molecule has 6 nitrogen and oxygen atoms in total. The van der Waals surface area contributed by atoms with E-state index in [2.05, 4.69) is 21.5 Å². The van der Waals surface area contributed by atoms with E-state index in [0.717, 1.165) is 40.7 Å². The topological polar surface area (TPSA) is 73.1 Å². The van der Waals surface area contributed by atoms with Gasteiger partial charge < -0.3 is 14.4 Å². The molecule has 0 bridgehead atoms. The minimum Gasteiger partial charge on any atom is -0.388 e. The molecule has 1 N–H and O–H groups in total. The number of aryl methyl sites for hydroxylation is 1. The average Bonchev–Trinajstić information content (AvgIpc) is 2.93. The van der Waals surface area contributed by atoms with Gasteiger partial charge in [0, 0.05) is 38.7 Å². The fourth-order valence-corrected chi connectivity index (χ4v) is 3.46. The zero-order valence-corrected chi connectivity index (χ0v) is 13.9. The van der Waals surface area contributed by atoms with Crippen LogP contribution in [0.25, 0.3) is 22.1 Å². The standard InChI is InChI=1S/C18H22N4O2/c1-2-4-15-21-14-11-20-13-5-3-8-19-16(13)17(14)22(15)12-18(23)6-9-24-10-7-18/h3,5,8,11,23H,2,4,6-7,9-10,12H2,1H3. The van der Waals surface area contributed by atoms with Gasteiger partial charge in [0.15, 0.2) is 0 Å². The van der Waals surface area contributed by atoms with Gasteiger partial charge in [-0.05, 0) is 18.6 Å². The molecule has 0 aromatic carbocycles. The van der Waals surface area contributed by atoms with Crippen molar-refractivity contribution in [1.29, 1.82) is 0 Å². The van der Waals surface area contributed by atoms with E-state index in [-0.39, 0.29) is 0 Å². The number of nitrogens with zero attached hydrogens (tertiary/aromatic N) is 4. The number of aliphatic hydroxyl groups is 1. The summed E-state index contributed by atoms with van der Waals surface area (Å²) in [6, 6.07) is 3.85. The first-order valence-corrected chi connectivity index (χ1v) is 8.59. The number of rotatable bonds is 4. The SMILES string of the molecule is CCCc1nc2cnc3cccnc3c2n1CC1(O)CCOCC1. The van der Waals surface area contributed by atoms with Gasteiger partial charge in [0.2, 0.25) is 0 Å². The molecule has 1 aliphatic rings. The van der Waals surface area contributed by atoms with Gasteiger partial charge in [-0.15, -0.1) is 0 Å². The zero-order chi connectivity index (χ0) is 16.6. The number of hydrogen-bond donors (Lipinski definition) is 1. The van der Waals surface area contributed by atoms with Crippen LogP contribution in [0.3, 0.4) is 0 Å². The minimum atomic E-state index is -0.751. The second kappa shape index (κ2) is 6.11. The minimum absolute atomic E-state index is 0.526. The molecular formula is C18H22N4O2. The van der Waals surface area contributed by atoms with Crippen LogP contribution < -0.4 is 0 Å². The molecule has 4 rings (SSSR count). The van der Waals surface area contributed by atoms with E-state index in [9.17, 15) is 5.11 Å². The van der Waals surface area contributed by atoms with Gasteiger partial charge in [0.25, 0.3) is 0 Å². The normalized spacial score (nSPS) is 17.6. The van der Waals surface area contributed by atoms with Crippen molar-refractivity contribution in [3.63, 3.8) is 0 Å². The molecule has 0 radical (unpaired) electrons. The van der Waals surface area contributed by atoms with Gasteiger partial charge in [-0.1, -0.05) is 6.92 Å². The fraction of sp³-hybridized carbons (Fsp3) is 0.500. The molecule has 4 heterocycles. The highest BCUT2D eigenvalue weighted by molar-refractivity contribution is 5.99. The van der Waals surface area contributed by atoms with E-state index in [4.69, 9.17) is 9.72 Å². The van der Waals surface area contributed by atoms with E-state index < -0.39 is 5.60 Å². The van der Waals surface area contributed by atoms with Crippen LogP contribution in [0.4, 0.5) is 0 Å². The highest BCUT2D eigenvalue weighted by atomic mass is 16.5. The van der Waals surface area contributed by atoms with Crippen LogP contribution >= 0.6 is 0 Å². The van der Waals surface area contributed by atoms with Crippen molar-refractivity contribution < 1.29 is 9.84 Å². The zero-order valence-electron chi connectivity index (χ0n) is 13.9. The predicted octanol–water partition coefficient (Wildman–Crippen LogP) is 2.47. The maximum absolute atomic E-state index is 11.0. The third kappa shape index (κ3) is 2.65. The molecular weight excluding hydrogens is 304 g/mol. The van der Waals surface area contributed by atoms with Gasteiger partial charge in [-0.2, -0.15) is 0 Å². The highest BCUT2D eigenvalue weighted by Gasteiger charge is 2.32. The summed E-state index contributed by atoms with van der Waals surface area (Å²) in [7, 11) is 0. The lowest BCUT2D eigenvalue weighted by Crippen LogP contribution is -2.40. The number of aromatic nitrogens is 4. The fourth-order valence-electron chi connectivity index (χ4n) is 3.46. The van der Waals surface area contributed by atoms with Crippen LogP contribution in [0, 0.1) is 0 Å². The lowest BCUT2D eigenvalue weighted by molar-refractivity contribution is -0.0725. The number of fused-ring (bicyclic) bond motifs is 3. The Bertz CT molecular complexity index is 868. The molecule has 6 heteroatoms. The lowest BCUT2D eigenvalue weighted by Gasteiger charge is -2.33. The molecule has 0 saturated carbocycles. The third-order valence-corrected chi connectivity index (χ3v) is 4.76. The summed E-state index contributed by atoms with van der Waals surface area (Å²) in [5.41, 5.74) is 2.77. The van der Waals surface area contributed by atoms with E-state index in [1.165, 1.54) is 0 Å². The van der Waals surface area contributed by atoms with Gasteiger partial charge in [0.1, 0.15) is 16.9 Å². The van der Waals surface area contributed by atoms with Crippen LogP contribution in [0.15, 0.2) is 24.5 Å². The Morgan fingerprint density at radius 1 is 1.25 bits per heavy atom. The molecule has 0 unspecified atom stereocenters. The molecule has 0 aliphatic carbocycles. The van der Waals surface area contributed by atoms with Crippen molar-refractivity contribution in [2.75, 3.05) is 13.2 Å². The quantitative estimate of drug-likeness (QED) is 0.797. The number of pyridine rings is 2. The van der Waals surface area contributed by atoms with Crippen molar-refractivity contribution in [3.05, 3.63) is 30.4 Å². The Kier molecular flexibility index (Phi) is 3.94. The molecule has 1 saturated heterocycles. The van der Waals surface area contributed by atoms with Gasteiger partial charge in [-0.3, -0.25) is 9.97 Å². The first-order valence-electron chi connectivity index (χ1n) is 8.59. The van der Waals surface area contributed by atoms with Crippen molar-refractivity contribution in [2.45, 2.75) is 44.8 Å². The first kappa shape index (κ1) is 15.5. The van der Waals surface area contributed by atoms with Crippen molar-refractivity contribution >= 4 is 22.1 Å². The van der Waals surface area contributed by atoms with Crippen LogP contribution in [0.5, 0.6) is 0 Å². The monoisotopic (exact) mass is 326 g/mol. The molecule has 24 heavy (non-hydrogen) atoms. The second-order valence-corrected chi connectivity index (χ2v) is 6.56. The molecule has 0 amide bonds. The Morgan fingerprint density at radius 2 is 2.08 bits per heavy atom. The molecule has 3 aromatic rings. The van der Waals surface area contributed by atoms with Gasteiger partial charge >= 0.3 is 0 Å². The maximum Gasteiger partial charge on any atom is 0.115 e. The van der Waals surface area contributed by atoms with Crippen LogP contribution in [0.1, 0.15) is 32.0 Å². The van der Waals surface area contributed by atoms with E-state index in [0.29, 0.717) is 32.6 Å². The Balaban J connectivity index is 1.90. The van der Waals surface area contributed by atoms with Crippen LogP contribution in [-0.4, -0.2) is 43.4 Å². The van der Waals surface area contributed by atoms with E-state index in [1.807, 2.05) is 18.3 Å². The third-order valence-electron chi connectivity index (χ3n) is 4.76. The van der Waals surface area contributed by atoms with Gasteiger partial charge in [0.05, 0.1) is 29.4 Å². The molecule has 126 valence electrons. The first-order chi connectivity index (χ1) is 11.7. The van der Waals surface area contributed by atoms with E-state index in [1.54, 1.807) is 6.20 Å². The molecule has 1 aliphatic heterocycles. The molecule has 3 aromatic heterocycles. The summed E-state index contributed by atoms with van der Waals surface area (Å²) in [6.07, 6.45) is 6.76. The summed E-state index contributed by atoms with van der Waals surface area (Å²) >= 11 is 0. The average molecular weight is 326 g/mol. The summed E-state index contributed by atoms with van der Waals surface area (Å²) in [6.45, 7) is 3.87. The van der Waals surface area contributed by atoms with Crippen molar-refractivity contribution in [2.24, 2.45) is 0 Å². The maximum atomic E-state index is 11.0. The number of imidazole rings is 1. The van der Waals surface area contributed by atoms with Crippen LogP contribution in [0.2, 0.25) is 0 Å². The summed E-state index contributed by atoms with van der Waals surface area (Å²) in [4.78, 5) is 13.8. The molecule has 0 atom stereocenters. The smallest absolute Gasteiger partial charge is 0.115 e. The van der Waals surface area contributed by atoms with Crippen LogP contribution in [-0.2, 0) is 17.7 Å². The van der Waals surface area contributed by atoms with Crippen molar-refractivity contribution in [1.82, 2.24) is 19.5 Å². The van der Waals surface area contributed by atoms with E-state index >= 15 is 0 Å². The summed E-state index contributed by atoms with van der Waals surface area (Å²) in [5, 5.41) is 11.0. The molecule has 1 fully saturated rings. The lowest BCUT2D eigenvalue weighted by atomic mass is 9.94. The Hall–Kier alpha value is -2.05. The van der Waals surface area contributed by atoms with Gasteiger partial charge in [-0.25, -0.2) is 4.98 Å². The number of ether oxygens (including phenoxy) is 1. The second-order valence-electron chi connectivity index (χ2n) is 6.56. The highest BCUT2D eigenvalue weighted by Crippen LogP contribution is 2.29. The summed E-state index contributed by atoms with van der Waals surface area (Å²) in [5.74, 6) is 0.993.